The van der Waals surface area contributed by atoms with Crippen LogP contribution >= 0.6 is 11.3 Å². The molecular formula is C22H15N5OS. The Morgan fingerprint density at radius 1 is 0.828 bits per heavy atom. The number of hydrogen-bond acceptors (Lipinski definition) is 7. The predicted octanol–water partition coefficient (Wildman–Crippen LogP) is 5.19. The van der Waals surface area contributed by atoms with E-state index in [1.807, 2.05) is 54.7 Å². The van der Waals surface area contributed by atoms with Gasteiger partial charge in [0, 0.05) is 47.5 Å². The average Bonchev–Trinajstić information content (AvgIpc) is 3.14. The van der Waals surface area contributed by atoms with Gasteiger partial charge >= 0.3 is 0 Å². The highest BCUT2D eigenvalue weighted by atomic mass is 32.1. The van der Waals surface area contributed by atoms with Crippen LogP contribution in [0.3, 0.4) is 0 Å². The maximum Gasteiger partial charge on any atom is 0.181 e. The first-order chi connectivity index (χ1) is 14.3. The van der Waals surface area contributed by atoms with Crippen LogP contribution < -0.4 is 10.5 Å². The number of thiazole rings is 1. The van der Waals surface area contributed by atoms with E-state index in [1.165, 1.54) is 11.3 Å². The molecule has 0 aliphatic rings. The van der Waals surface area contributed by atoms with Gasteiger partial charge in [0.15, 0.2) is 5.13 Å². The number of pyridine rings is 3. The predicted molar refractivity (Wildman–Crippen MR) is 115 cm³/mol. The molecule has 0 bridgehead atoms. The zero-order valence-corrected chi connectivity index (χ0v) is 16.0. The third-order valence-corrected chi connectivity index (χ3v) is 5.23. The zero-order chi connectivity index (χ0) is 19.6. The van der Waals surface area contributed by atoms with Crippen molar-refractivity contribution in [1.82, 2.24) is 19.9 Å². The summed E-state index contributed by atoms with van der Waals surface area (Å²) in [5.41, 5.74) is 10.3. The molecule has 5 rings (SSSR count). The molecule has 5 aromatic rings. The number of ether oxygens (including phenoxy) is 1. The number of nitrogens with zero attached hydrogens (tertiary/aromatic N) is 4. The summed E-state index contributed by atoms with van der Waals surface area (Å²) in [6.07, 6.45) is 8.81. The first kappa shape index (κ1) is 17.3. The minimum absolute atomic E-state index is 0.540. The van der Waals surface area contributed by atoms with E-state index in [0.717, 1.165) is 32.6 Å². The molecule has 0 radical (unpaired) electrons. The van der Waals surface area contributed by atoms with Crippen LogP contribution in [0.5, 0.6) is 11.5 Å². The van der Waals surface area contributed by atoms with Crippen molar-refractivity contribution >= 4 is 26.7 Å². The van der Waals surface area contributed by atoms with E-state index in [-0.39, 0.29) is 0 Å². The second-order valence-corrected chi connectivity index (χ2v) is 7.40. The Balaban J connectivity index is 1.57. The summed E-state index contributed by atoms with van der Waals surface area (Å²) in [6.45, 7) is 0. The summed E-state index contributed by atoms with van der Waals surface area (Å²) < 4.78 is 7.07. The van der Waals surface area contributed by atoms with E-state index in [1.54, 1.807) is 24.8 Å². The van der Waals surface area contributed by atoms with Crippen molar-refractivity contribution in [3.63, 3.8) is 0 Å². The SMILES string of the molecule is Nc1nc2ccc(Oc3cnc(-c4cccnc4)c(-c4cccnc4)c3)cc2s1. The number of nitrogen functional groups attached to an aromatic ring is 1. The highest BCUT2D eigenvalue weighted by molar-refractivity contribution is 7.22. The summed E-state index contributed by atoms with van der Waals surface area (Å²) in [7, 11) is 0. The van der Waals surface area contributed by atoms with E-state index in [2.05, 4.69) is 19.9 Å². The van der Waals surface area contributed by atoms with Gasteiger partial charge in [-0.3, -0.25) is 15.0 Å². The summed E-state index contributed by atoms with van der Waals surface area (Å²) in [4.78, 5) is 17.4. The van der Waals surface area contributed by atoms with Gasteiger partial charge in [0.1, 0.15) is 11.5 Å². The van der Waals surface area contributed by atoms with Crippen LogP contribution in [-0.2, 0) is 0 Å². The molecule has 6 nitrogen and oxygen atoms in total. The number of fused-ring (bicyclic) bond motifs is 1. The molecule has 0 unspecified atom stereocenters. The monoisotopic (exact) mass is 397 g/mol. The van der Waals surface area contributed by atoms with Crippen molar-refractivity contribution in [2.75, 3.05) is 5.73 Å². The molecule has 0 atom stereocenters. The lowest BCUT2D eigenvalue weighted by Gasteiger charge is -2.12. The lowest BCUT2D eigenvalue weighted by atomic mass is 10.0. The summed E-state index contributed by atoms with van der Waals surface area (Å²) in [6, 6.07) is 15.5. The van der Waals surface area contributed by atoms with Crippen molar-refractivity contribution in [2.24, 2.45) is 0 Å². The molecule has 0 saturated carbocycles. The van der Waals surface area contributed by atoms with Crippen LogP contribution in [0.4, 0.5) is 5.13 Å². The zero-order valence-electron chi connectivity index (χ0n) is 15.2. The molecule has 1 aromatic carbocycles. The van der Waals surface area contributed by atoms with E-state index in [0.29, 0.717) is 16.6 Å². The Bertz CT molecular complexity index is 1290. The Morgan fingerprint density at radius 2 is 1.62 bits per heavy atom. The number of rotatable bonds is 4. The van der Waals surface area contributed by atoms with E-state index in [4.69, 9.17) is 10.5 Å². The molecule has 140 valence electrons. The summed E-state index contributed by atoms with van der Waals surface area (Å²) >= 11 is 1.43. The maximum absolute atomic E-state index is 6.09. The van der Waals surface area contributed by atoms with Crippen molar-refractivity contribution in [1.29, 1.82) is 0 Å². The van der Waals surface area contributed by atoms with Crippen LogP contribution in [0.25, 0.3) is 32.6 Å². The second kappa shape index (κ2) is 7.29. The van der Waals surface area contributed by atoms with Crippen LogP contribution in [0.15, 0.2) is 79.5 Å². The molecule has 29 heavy (non-hydrogen) atoms. The topological polar surface area (TPSA) is 86.8 Å². The average molecular weight is 397 g/mol. The fourth-order valence-corrected chi connectivity index (χ4v) is 3.86. The lowest BCUT2D eigenvalue weighted by Crippen LogP contribution is -1.93. The standard InChI is InChI=1S/C22H15N5OS/c23-22-27-19-6-5-16(10-20(19)29-22)28-17-9-18(14-3-1-7-24-11-14)21(26-13-17)15-4-2-8-25-12-15/h1-13H,(H2,23,27). The van der Waals surface area contributed by atoms with Crippen molar-refractivity contribution in [3.05, 3.63) is 79.5 Å². The van der Waals surface area contributed by atoms with Crippen LogP contribution in [0, 0.1) is 0 Å². The fraction of sp³-hybridized carbons (Fsp3) is 0. The highest BCUT2D eigenvalue weighted by Crippen LogP contribution is 2.35. The lowest BCUT2D eigenvalue weighted by molar-refractivity contribution is 0.481. The maximum atomic E-state index is 6.09. The molecular weight excluding hydrogens is 382 g/mol. The molecule has 0 fully saturated rings. The van der Waals surface area contributed by atoms with Gasteiger partial charge in [-0.25, -0.2) is 4.98 Å². The van der Waals surface area contributed by atoms with E-state index < -0.39 is 0 Å². The van der Waals surface area contributed by atoms with Crippen LogP contribution in [0.1, 0.15) is 0 Å². The van der Waals surface area contributed by atoms with Gasteiger partial charge in [0.25, 0.3) is 0 Å². The van der Waals surface area contributed by atoms with Gasteiger partial charge in [-0.1, -0.05) is 17.4 Å². The first-order valence-corrected chi connectivity index (χ1v) is 9.73. The molecule has 0 saturated heterocycles. The molecule has 0 amide bonds. The van der Waals surface area contributed by atoms with Crippen molar-refractivity contribution in [3.8, 4) is 33.9 Å². The van der Waals surface area contributed by atoms with Gasteiger partial charge in [-0.05, 0) is 36.4 Å². The largest absolute Gasteiger partial charge is 0.456 e. The third kappa shape index (κ3) is 3.51. The van der Waals surface area contributed by atoms with Crippen molar-refractivity contribution in [2.45, 2.75) is 0 Å². The minimum Gasteiger partial charge on any atom is -0.456 e. The smallest absolute Gasteiger partial charge is 0.181 e. The molecule has 4 aromatic heterocycles. The fourth-order valence-electron chi connectivity index (χ4n) is 3.10. The Hall–Kier alpha value is -3.84. The molecule has 4 heterocycles. The quantitative estimate of drug-likeness (QED) is 0.449. The minimum atomic E-state index is 0.540. The number of aromatic nitrogens is 4. The van der Waals surface area contributed by atoms with Gasteiger partial charge < -0.3 is 10.5 Å². The van der Waals surface area contributed by atoms with E-state index >= 15 is 0 Å². The van der Waals surface area contributed by atoms with Gasteiger partial charge in [-0.2, -0.15) is 0 Å². The molecule has 0 spiro atoms. The molecule has 0 aliphatic carbocycles. The Labute approximate surface area is 170 Å². The Kier molecular flexibility index (Phi) is 4.34. The van der Waals surface area contributed by atoms with Crippen LogP contribution in [0.2, 0.25) is 0 Å². The highest BCUT2D eigenvalue weighted by Gasteiger charge is 2.12. The first-order valence-electron chi connectivity index (χ1n) is 8.91. The van der Waals surface area contributed by atoms with Gasteiger partial charge in [-0.15, -0.1) is 0 Å². The number of anilines is 1. The molecule has 2 N–H and O–H groups in total. The number of hydrogen-bond donors (Lipinski definition) is 1. The Morgan fingerprint density at radius 3 is 2.38 bits per heavy atom. The number of nitrogens with two attached hydrogens (primary N) is 1. The second-order valence-electron chi connectivity index (χ2n) is 6.33. The normalized spacial score (nSPS) is 10.9. The van der Waals surface area contributed by atoms with Crippen molar-refractivity contribution < 1.29 is 4.74 Å². The van der Waals surface area contributed by atoms with Crippen LogP contribution in [-0.4, -0.2) is 19.9 Å². The molecule has 7 heteroatoms. The van der Waals surface area contributed by atoms with E-state index in [9.17, 15) is 0 Å². The third-order valence-electron chi connectivity index (χ3n) is 4.38. The summed E-state index contributed by atoms with van der Waals surface area (Å²) in [5, 5.41) is 0.540. The van der Waals surface area contributed by atoms with Gasteiger partial charge in [0.2, 0.25) is 0 Å². The number of benzene rings is 1. The summed E-state index contributed by atoms with van der Waals surface area (Å²) in [5.74, 6) is 1.34. The van der Waals surface area contributed by atoms with Gasteiger partial charge in [0.05, 0.1) is 22.1 Å². The molecule has 0 aliphatic heterocycles.